The van der Waals surface area contributed by atoms with Crippen molar-refractivity contribution in [2.24, 2.45) is 5.84 Å². The zero-order valence-electron chi connectivity index (χ0n) is 13.9. The quantitative estimate of drug-likeness (QED) is 0.331. The number of hydrazine groups is 1. The molecule has 0 atom stereocenters. The number of nitrogens with two attached hydrogens (primary N) is 1. The third-order valence-electron chi connectivity index (χ3n) is 3.46. The van der Waals surface area contributed by atoms with Crippen molar-refractivity contribution in [2.45, 2.75) is 0 Å². The third kappa shape index (κ3) is 4.82. The average Bonchev–Trinajstić information content (AvgIpc) is 2.61. The molecule has 0 radical (unpaired) electrons. The van der Waals surface area contributed by atoms with E-state index in [2.05, 4.69) is 5.32 Å². The summed E-state index contributed by atoms with van der Waals surface area (Å²) in [7, 11) is 3.87. The van der Waals surface area contributed by atoms with Crippen LogP contribution < -0.4 is 21.5 Å². The van der Waals surface area contributed by atoms with Crippen molar-refractivity contribution in [3.05, 3.63) is 70.4 Å². The smallest absolute Gasteiger partial charge is 0.281 e. The number of rotatable bonds is 5. The van der Waals surface area contributed by atoms with Gasteiger partial charge in [0.25, 0.3) is 11.8 Å². The summed E-state index contributed by atoms with van der Waals surface area (Å²) in [5.74, 6) is 4.10. The Kier molecular flexibility index (Phi) is 6.16. The fraction of sp³-hybridized carbons (Fsp3) is 0.111. The molecule has 0 aliphatic heterocycles. The standard InChI is InChI=1S/C18H19ClN4O2/c1-23(2)13-9-7-12(8-10-13)11-16(18(25)22-20)21-17(24)14-5-3-4-6-15(14)19/h3-11H,20H2,1-2H3,(H,21,24)(H,22,25). The molecule has 0 unspecified atom stereocenters. The van der Waals surface area contributed by atoms with Gasteiger partial charge in [0.05, 0.1) is 10.6 Å². The van der Waals surface area contributed by atoms with Crippen LogP contribution in [0.15, 0.2) is 54.2 Å². The summed E-state index contributed by atoms with van der Waals surface area (Å²) in [6.45, 7) is 0. The molecule has 0 saturated heterocycles. The molecule has 0 bridgehead atoms. The van der Waals surface area contributed by atoms with Gasteiger partial charge in [-0.1, -0.05) is 35.9 Å². The SMILES string of the molecule is CN(C)c1ccc(C=C(NC(=O)c2ccccc2Cl)C(=O)NN)cc1. The molecule has 0 heterocycles. The minimum absolute atomic E-state index is 0.0185. The van der Waals surface area contributed by atoms with Crippen molar-refractivity contribution in [2.75, 3.05) is 19.0 Å². The lowest BCUT2D eigenvalue weighted by molar-refractivity contribution is -0.117. The Morgan fingerprint density at radius 3 is 2.28 bits per heavy atom. The van der Waals surface area contributed by atoms with Crippen LogP contribution in [0.5, 0.6) is 0 Å². The van der Waals surface area contributed by atoms with Gasteiger partial charge >= 0.3 is 0 Å². The number of benzene rings is 2. The van der Waals surface area contributed by atoms with Crippen LogP contribution >= 0.6 is 11.6 Å². The number of amides is 2. The van der Waals surface area contributed by atoms with Gasteiger partial charge in [0.15, 0.2) is 0 Å². The first-order valence-corrected chi connectivity index (χ1v) is 7.86. The second-order valence-corrected chi connectivity index (χ2v) is 5.86. The fourth-order valence-electron chi connectivity index (χ4n) is 2.11. The van der Waals surface area contributed by atoms with Gasteiger partial charge in [0, 0.05) is 19.8 Å². The normalized spacial score (nSPS) is 11.0. The van der Waals surface area contributed by atoms with E-state index in [0.29, 0.717) is 5.02 Å². The maximum absolute atomic E-state index is 12.4. The van der Waals surface area contributed by atoms with Crippen LogP contribution in [0.25, 0.3) is 6.08 Å². The summed E-state index contributed by atoms with van der Waals surface area (Å²) in [5.41, 5.74) is 4.06. The van der Waals surface area contributed by atoms with Crippen LogP contribution in [0.1, 0.15) is 15.9 Å². The molecule has 2 aromatic carbocycles. The first kappa shape index (κ1) is 18.5. The lowest BCUT2D eigenvalue weighted by Gasteiger charge is -2.13. The summed E-state index contributed by atoms with van der Waals surface area (Å²) in [6.07, 6.45) is 1.54. The summed E-state index contributed by atoms with van der Waals surface area (Å²) in [6, 6.07) is 14.0. The minimum atomic E-state index is -0.614. The third-order valence-corrected chi connectivity index (χ3v) is 3.79. The number of nitrogens with one attached hydrogen (secondary N) is 2. The molecule has 4 N–H and O–H groups in total. The van der Waals surface area contributed by atoms with E-state index in [9.17, 15) is 9.59 Å². The Bertz CT molecular complexity index is 801. The van der Waals surface area contributed by atoms with Crippen LogP contribution in [-0.2, 0) is 4.79 Å². The maximum atomic E-state index is 12.4. The number of hydrogen-bond donors (Lipinski definition) is 3. The van der Waals surface area contributed by atoms with Gasteiger partial charge in [-0.05, 0) is 35.9 Å². The highest BCUT2D eigenvalue weighted by atomic mass is 35.5. The van der Waals surface area contributed by atoms with E-state index in [0.717, 1.165) is 11.3 Å². The van der Waals surface area contributed by atoms with E-state index in [1.54, 1.807) is 24.3 Å². The molecule has 25 heavy (non-hydrogen) atoms. The van der Waals surface area contributed by atoms with Gasteiger partial charge in [-0.3, -0.25) is 15.0 Å². The molecule has 2 rings (SSSR count). The largest absolute Gasteiger partial charge is 0.378 e. The fourth-order valence-corrected chi connectivity index (χ4v) is 2.33. The highest BCUT2D eigenvalue weighted by Crippen LogP contribution is 2.17. The highest BCUT2D eigenvalue weighted by Gasteiger charge is 2.15. The molecule has 2 aromatic rings. The molecule has 130 valence electrons. The average molecular weight is 359 g/mol. The van der Waals surface area contributed by atoms with E-state index < -0.39 is 11.8 Å². The lowest BCUT2D eigenvalue weighted by Crippen LogP contribution is -2.38. The van der Waals surface area contributed by atoms with E-state index in [4.69, 9.17) is 17.4 Å². The van der Waals surface area contributed by atoms with E-state index in [1.165, 1.54) is 6.08 Å². The molecule has 0 fully saturated rings. The second kappa shape index (κ2) is 8.32. The molecule has 0 spiro atoms. The van der Waals surface area contributed by atoms with Gasteiger partial charge in [-0.25, -0.2) is 5.84 Å². The van der Waals surface area contributed by atoms with Crippen molar-refractivity contribution in [1.82, 2.24) is 10.7 Å². The predicted octanol–water partition coefficient (Wildman–Crippen LogP) is 2.17. The van der Waals surface area contributed by atoms with E-state index in [-0.39, 0.29) is 11.3 Å². The molecule has 7 heteroatoms. The second-order valence-electron chi connectivity index (χ2n) is 5.45. The van der Waals surface area contributed by atoms with Gasteiger partial charge in [0.2, 0.25) is 0 Å². The number of anilines is 1. The summed E-state index contributed by atoms with van der Waals surface area (Å²) >= 11 is 6.01. The molecule has 0 aliphatic carbocycles. The van der Waals surface area contributed by atoms with Gasteiger partial charge in [0.1, 0.15) is 5.70 Å². The van der Waals surface area contributed by atoms with Crippen LogP contribution in [0, 0.1) is 0 Å². The minimum Gasteiger partial charge on any atom is -0.378 e. The Labute approximate surface area is 151 Å². The summed E-state index contributed by atoms with van der Waals surface area (Å²) < 4.78 is 0. The first-order valence-electron chi connectivity index (χ1n) is 7.48. The first-order chi connectivity index (χ1) is 11.9. The zero-order chi connectivity index (χ0) is 18.4. The Balaban J connectivity index is 2.28. The number of nitrogens with zero attached hydrogens (tertiary/aromatic N) is 1. The zero-order valence-corrected chi connectivity index (χ0v) is 14.7. The maximum Gasteiger partial charge on any atom is 0.281 e. The topological polar surface area (TPSA) is 87.5 Å². The number of carbonyl (C=O) groups is 2. The Hall–Kier alpha value is -2.83. The van der Waals surface area contributed by atoms with Crippen LogP contribution in [-0.4, -0.2) is 25.9 Å². The van der Waals surface area contributed by atoms with Gasteiger partial charge < -0.3 is 10.2 Å². The van der Waals surface area contributed by atoms with Crippen molar-refractivity contribution in [1.29, 1.82) is 0 Å². The van der Waals surface area contributed by atoms with Crippen LogP contribution in [0.3, 0.4) is 0 Å². The lowest BCUT2D eigenvalue weighted by atomic mass is 10.1. The summed E-state index contributed by atoms with van der Waals surface area (Å²) in [4.78, 5) is 26.3. The van der Waals surface area contributed by atoms with Crippen molar-refractivity contribution < 1.29 is 9.59 Å². The molecule has 2 amide bonds. The molecule has 6 nitrogen and oxygen atoms in total. The van der Waals surface area contributed by atoms with Crippen LogP contribution in [0.4, 0.5) is 5.69 Å². The number of carbonyl (C=O) groups excluding carboxylic acids is 2. The number of hydrogen-bond acceptors (Lipinski definition) is 4. The van der Waals surface area contributed by atoms with Gasteiger partial charge in [-0.2, -0.15) is 0 Å². The molecule has 0 aromatic heterocycles. The van der Waals surface area contributed by atoms with Crippen molar-refractivity contribution >= 4 is 35.2 Å². The van der Waals surface area contributed by atoms with Crippen molar-refractivity contribution in [3.63, 3.8) is 0 Å². The number of halogens is 1. The Morgan fingerprint density at radius 2 is 1.72 bits per heavy atom. The molecular formula is C18H19ClN4O2. The van der Waals surface area contributed by atoms with E-state index in [1.807, 2.05) is 48.7 Å². The monoisotopic (exact) mass is 358 g/mol. The van der Waals surface area contributed by atoms with Crippen molar-refractivity contribution in [3.8, 4) is 0 Å². The summed E-state index contributed by atoms with van der Waals surface area (Å²) in [5, 5.41) is 2.84. The Morgan fingerprint density at radius 1 is 1.08 bits per heavy atom. The highest BCUT2D eigenvalue weighted by molar-refractivity contribution is 6.34. The van der Waals surface area contributed by atoms with Crippen LogP contribution in [0.2, 0.25) is 5.02 Å². The molecule has 0 aliphatic rings. The van der Waals surface area contributed by atoms with Gasteiger partial charge in [-0.15, -0.1) is 0 Å². The van der Waals surface area contributed by atoms with E-state index >= 15 is 0 Å². The molecule has 0 saturated carbocycles. The predicted molar refractivity (Wildman–Crippen MR) is 100.0 cm³/mol. The molecular weight excluding hydrogens is 340 g/mol.